The van der Waals surface area contributed by atoms with E-state index in [2.05, 4.69) is 10.3 Å². The van der Waals surface area contributed by atoms with Crippen LogP contribution >= 0.6 is 11.6 Å². The topological polar surface area (TPSA) is 51.2 Å². The maximum atomic E-state index is 12.2. The SMILES string of the molecule is CCOc1cc(C)c(C(=O)NCc2ccccn2)cc1Cl. The molecule has 0 aliphatic rings. The molecular weight excluding hydrogens is 288 g/mol. The highest BCUT2D eigenvalue weighted by atomic mass is 35.5. The first-order valence-electron chi connectivity index (χ1n) is 6.73. The van der Waals surface area contributed by atoms with Gasteiger partial charge < -0.3 is 10.1 Å². The van der Waals surface area contributed by atoms with Crippen molar-refractivity contribution in [3.05, 3.63) is 58.4 Å². The maximum absolute atomic E-state index is 12.2. The third-order valence-electron chi connectivity index (χ3n) is 2.98. The molecule has 0 saturated heterocycles. The molecule has 1 N–H and O–H groups in total. The Morgan fingerprint density at radius 1 is 1.38 bits per heavy atom. The molecule has 0 radical (unpaired) electrons. The number of nitrogens with zero attached hydrogens (tertiary/aromatic N) is 1. The Morgan fingerprint density at radius 3 is 2.86 bits per heavy atom. The first kappa shape index (κ1) is 15.3. The third-order valence-corrected chi connectivity index (χ3v) is 3.27. The number of rotatable bonds is 5. The Morgan fingerprint density at radius 2 is 2.19 bits per heavy atom. The number of amides is 1. The summed E-state index contributed by atoms with van der Waals surface area (Å²) >= 11 is 6.12. The molecule has 1 amide bonds. The highest BCUT2D eigenvalue weighted by molar-refractivity contribution is 6.32. The monoisotopic (exact) mass is 304 g/mol. The molecule has 5 heteroatoms. The summed E-state index contributed by atoms with van der Waals surface area (Å²) < 4.78 is 5.41. The van der Waals surface area contributed by atoms with Gasteiger partial charge in [0.05, 0.1) is 23.9 Å². The van der Waals surface area contributed by atoms with Crippen LogP contribution in [0.2, 0.25) is 5.02 Å². The zero-order valence-corrected chi connectivity index (χ0v) is 12.8. The van der Waals surface area contributed by atoms with E-state index in [0.717, 1.165) is 11.3 Å². The lowest BCUT2D eigenvalue weighted by atomic mass is 10.1. The van der Waals surface area contributed by atoms with E-state index in [4.69, 9.17) is 16.3 Å². The number of carbonyl (C=O) groups excluding carboxylic acids is 1. The van der Waals surface area contributed by atoms with Gasteiger partial charge in [0.25, 0.3) is 5.91 Å². The molecule has 0 unspecified atom stereocenters. The Balaban J connectivity index is 2.10. The molecule has 2 rings (SSSR count). The van der Waals surface area contributed by atoms with E-state index in [9.17, 15) is 4.79 Å². The van der Waals surface area contributed by atoms with Crippen LogP contribution in [0.5, 0.6) is 5.75 Å². The Bertz CT molecular complexity index is 630. The minimum Gasteiger partial charge on any atom is -0.492 e. The number of hydrogen-bond donors (Lipinski definition) is 1. The van der Waals surface area contributed by atoms with Gasteiger partial charge in [-0.1, -0.05) is 17.7 Å². The predicted octanol–water partition coefficient (Wildman–Crippen LogP) is 3.37. The van der Waals surface area contributed by atoms with Crippen molar-refractivity contribution in [2.45, 2.75) is 20.4 Å². The van der Waals surface area contributed by atoms with E-state index in [1.54, 1.807) is 18.3 Å². The fraction of sp³-hybridized carbons (Fsp3) is 0.250. The Kier molecular flexibility index (Phi) is 5.17. The van der Waals surface area contributed by atoms with Crippen molar-refractivity contribution < 1.29 is 9.53 Å². The van der Waals surface area contributed by atoms with Crippen molar-refractivity contribution in [2.24, 2.45) is 0 Å². The van der Waals surface area contributed by atoms with Crippen LogP contribution in [0.15, 0.2) is 36.5 Å². The first-order chi connectivity index (χ1) is 10.1. The van der Waals surface area contributed by atoms with Crippen molar-refractivity contribution in [1.29, 1.82) is 0 Å². The molecule has 0 atom stereocenters. The standard InChI is InChI=1S/C16H17ClN2O2/c1-3-21-15-8-11(2)13(9-14(15)17)16(20)19-10-12-6-4-5-7-18-12/h4-9H,3,10H2,1-2H3,(H,19,20). The van der Waals surface area contributed by atoms with Crippen molar-refractivity contribution in [3.63, 3.8) is 0 Å². The number of benzene rings is 1. The molecule has 0 aliphatic heterocycles. The summed E-state index contributed by atoms with van der Waals surface area (Å²) in [5, 5.41) is 3.27. The van der Waals surface area contributed by atoms with Crippen LogP contribution in [-0.2, 0) is 6.54 Å². The molecule has 2 aromatic rings. The smallest absolute Gasteiger partial charge is 0.251 e. The second-order valence-electron chi connectivity index (χ2n) is 4.53. The summed E-state index contributed by atoms with van der Waals surface area (Å²) in [4.78, 5) is 16.4. The van der Waals surface area contributed by atoms with Gasteiger partial charge in [-0.2, -0.15) is 0 Å². The van der Waals surface area contributed by atoms with Crippen LogP contribution in [0.4, 0.5) is 0 Å². The van der Waals surface area contributed by atoms with E-state index in [1.807, 2.05) is 32.0 Å². The maximum Gasteiger partial charge on any atom is 0.251 e. The molecule has 4 nitrogen and oxygen atoms in total. The van der Waals surface area contributed by atoms with Gasteiger partial charge in [-0.25, -0.2) is 0 Å². The van der Waals surface area contributed by atoms with E-state index in [1.165, 1.54) is 0 Å². The van der Waals surface area contributed by atoms with Crippen LogP contribution in [0.1, 0.15) is 28.5 Å². The fourth-order valence-corrected chi connectivity index (χ4v) is 2.15. The molecule has 1 aromatic heterocycles. The number of aryl methyl sites for hydroxylation is 1. The predicted molar refractivity (Wildman–Crippen MR) is 82.8 cm³/mol. The number of pyridine rings is 1. The molecule has 0 spiro atoms. The number of hydrogen-bond acceptors (Lipinski definition) is 3. The largest absolute Gasteiger partial charge is 0.492 e. The van der Waals surface area contributed by atoms with Crippen LogP contribution in [0, 0.1) is 6.92 Å². The van der Waals surface area contributed by atoms with Gasteiger partial charge in [-0.15, -0.1) is 0 Å². The summed E-state index contributed by atoms with van der Waals surface area (Å²) in [6.07, 6.45) is 1.69. The molecule has 1 heterocycles. The number of nitrogens with one attached hydrogen (secondary N) is 1. The summed E-state index contributed by atoms with van der Waals surface area (Å²) in [5.74, 6) is 0.418. The molecule has 110 valence electrons. The van der Waals surface area contributed by atoms with Crippen molar-refractivity contribution >= 4 is 17.5 Å². The zero-order valence-electron chi connectivity index (χ0n) is 12.0. The van der Waals surface area contributed by atoms with Gasteiger partial charge in [0.1, 0.15) is 5.75 Å². The van der Waals surface area contributed by atoms with Gasteiger partial charge in [0, 0.05) is 11.8 Å². The van der Waals surface area contributed by atoms with E-state index in [-0.39, 0.29) is 5.91 Å². The van der Waals surface area contributed by atoms with Crippen LogP contribution < -0.4 is 10.1 Å². The van der Waals surface area contributed by atoms with E-state index >= 15 is 0 Å². The first-order valence-corrected chi connectivity index (χ1v) is 7.10. The van der Waals surface area contributed by atoms with Crippen molar-refractivity contribution in [2.75, 3.05) is 6.61 Å². The minimum absolute atomic E-state index is 0.178. The number of carbonyl (C=O) groups is 1. The third kappa shape index (κ3) is 3.95. The molecule has 0 saturated carbocycles. The lowest BCUT2D eigenvalue weighted by Crippen LogP contribution is -2.24. The van der Waals surface area contributed by atoms with Crippen molar-refractivity contribution in [1.82, 2.24) is 10.3 Å². The van der Waals surface area contributed by atoms with Gasteiger partial charge in [-0.05, 0) is 43.7 Å². The van der Waals surface area contributed by atoms with Crippen LogP contribution in [0.25, 0.3) is 0 Å². The molecule has 1 aromatic carbocycles. The molecular formula is C16H17ClN2O2. The quantitative estimate of drug-likeness (QED) is 0.921. The highest BCUT2D eigenvalue weighted by Gasteiger charge is 2.13. The van der Waals surface area contributed by atoms with E-state index < -0.39 is 0 Å². The zero-order chi connectivity index (χ0) is 15.2. The highest BCUT2D eigenvalue weighted by Crippen LogP contribution is 2.28. The Hall–Kier alpha value is -2.07. The number of aromatic nitrogens is 1. The number of ether oxygens (including phenoxy) is 1. The normalized spacial score (nSPS) is 10.2. The fourth-order valence-electron chi connectivity index (χ4n) is 1.93. The van der Waals surface area contributed by atoms with Gasteiger partial charge in [0.15, 0.2) is 0 Å². The summed E-state index contributed by atoms with van der Waals surface area (Å²) in [6.45, 7) is 4.65. The lowest BCUT2D eigenvalue weighted by Gasteiger charge is -2.11. The molecule has 21 heavy (non-hydrogen) atoms. The summed E-state index contributed by atoms with van der Waals surface area (Å²) in [7, 11) is 0. The second kappa shape index (κ2) is 7.09. The second-order valence-corrected chi connectivity index (χ2v) is 4.94. The van der Waals surface area contributed by atoms with Crippen LogP contribution in [0.3, 0.4) is 0 Å². The van der Waals surface area contributed by atoms with Gasteiger partial charge in [-0.3, -0.25) is 9.78 Å². The summed E-state index contributed by atoms with van der Waals surface area (Å²) in [6, 6.07) is 8.99. The molecule has 0 bridgehead atoms. The average molecular weight is 305 g/mol. The minimum atomic E-state index is -0.178. The average Bonchev–Trinajstić information content (AvgIpc) is 2.49. The summed E-state index contributed by atoms with van der Waals surface area (Å²) in [5.41, 5.74) is 2.17. The molecule has 0 aliphatic carbocycles. The Labute approximate surface area is 129 Å². The number of halogens is 1. The van der Waals surface area contributed by atoms with E-state index in [0.29, 0.717) is 29.5 Å². The van der Waals surface area contributed by atoms with Crippen LogP contribution in [-0.4, -0.2) is 17.5 Å². The van der Waals surface area contributed by atoms with Gasteiger partial charge >= 0.3 is 0 Å². The van der Waals surface area contributed by atoms with Crippen molar-refractivity contribution in [3.8, 4) is 5.75 Å². The van der Waals surface area contributed by atoms with Gasteiger partial charge in [0.2, 0.25) is 0 Å². The molecule has 0 fully saturated rings. The lowest BCUT2D eigenvalue weighted by molar-refractivity contribution is 0.0950.